The van der Waals surface area contributed by atoms with Crippen molar-refractivity contribution in [2.45, 2.75) is 18.9 Å². The summed E-state index contributed by atoms with van der Waals surface area (Å²) in [6.45, 7) is 1.56. The summed E-state index contributed by atoms with van der Waals surface area (Å²) in [6, 6.07) is 1.77. The minimum atomic E-state index is -0.108. The van der Waals surface area contributed by atoms with Gasteiger partial charge in [0.1, 0.15) is 5.69 Å². The first kappa shape index (κ1) is 14.8. The van der Waals surface area contributed by atoms with Crippen LogP contribution in [-0.4, -0.2) is 44.8 Å². The molecule has 1 saturated heterocycles. The number of hydrogen-bond donors (Lipinski definition) is 1. The molecule has 1 fully saturated rings. The number of carbonyl (C=O) groups is 1. The number of halogens is 1. The molecule has 1 amide bonds. The van der Waals surface area contributed by atoms with E-state index in [0.717, 1.165) is 19.4 Å². The van der Waals surface area contributed by atoms with Gasteiger partial charge in [0.25, 0.3) is 5.91 Å². The highest BCUT2D eigenvalue weighted by Gasteiger charge is 2.24. The van der Waals surface area contributed by atoms with Gasteiger partial charge in [-0.3, -0.25) is 9.48 Å². The second-order valence-corrected chi connectivity index (χ2v) is 5.74. The summed E-state index contributed by atoms with van der Waals surface area (Å²) in [4.78, 5) is 22.8. The van der Waals surface area contributed by atoms with Gasteiger partial charge in [-0.15, -0.1) is 0 Å². The van der Waals surface area contributed by atoms with Crippen molar-refractivity contribution in [3.63, 3.8) is 0 Å². The van der Waals surface area contributed by atoms with Crippen LogP contribution in [0, 0.1) is 0 Å². The number of amides is 1. The van der Waals surface area contributed by atoms with E-state index in [0.29, 0.717) is 23.2 Å². The molecular formula is C14H17ClN6O. The van der Waals surface area contributed by atoms with E-state index in [9.17, 15) is 4.79 Å². The lowest BCUT2D eigenvalue weighted by Crippen LogP contribution is -2.48. The first-order valence-corrected chi connectivity index (χ1v) is 7.52. The predicted octanol–water partition coefficient (Wildman–Crippen LogP) is 1.26. The van der Waals surface area contributed by atoms with Crippen LogP contribution in [0.3, 0.4) is 0 Å². The summed E-state index contributed by atoms with van der Waals surface area (Å²) in [5, 5.41) is 7.58. The van der Waals surface area contributed by atoms with Crippen LogP contribution in [-0.2, 0) is 7.05 Å². The number of piperidine rings is 1. The van der Waals surface area contributed by atoms with Gasteiger partial charge in [0.2, 0.25) is 5.95 Å². The molecule has 8 heteroatoms. The van der Waals surface area contributed by atoms with Crippen LogP contribution < -0.4 is 10.2 Å². The van der Waals surface area contributed by atoms with E-state index in [1.165, 1.54) is 0 Å². The Hall–Kier alpha value is -2.15. The van der Waals surface area contributed by atoms with E-state index < -0.39 is 0 Å². The maximum Gasteiger partial charge on any atom is 0.269 e. The lowest BCUT2D eigenvalue weighted by atomic mass is 10.1. The van der Waals surface area contributed by atoms with E-state index in [2.05, 4.69) is 25.3 Å². The molecule has 1 aliphatic rings. The molecule has 3 heterocycles. The largest absolute Gasteiger partial charge is 0.346 e. The fourth-order valence-corrected chi connectivity index (χ4v) is 2.70. The number of nitrogens with zero attached hydrogens (tertiary/aromatic N) is 5. The molecule has 0 aromatic carbocycles. The van der Waals surface area contributed by atoms with Crippen molar-refractivity contribution in [3.8, 4) is 0 Å². The number of aromatic nitrogens is 4. The summed E-state index contributed by atoms with van der Waals surface area (Å²) < 4.78 is 1.57. The Kier molecular flexibility index (Phi) is 4.24. The van der Waals surface area contributed by atoms with Crippen molar-refractivity contribution in [2.75, 3.05) is 18.0 Å². The third-order valence-electron chi connectivity index (χ3n) is 3.70. The SMILES string of the molecule is Cn1nccc1C(=O)NC1CCCN(c2ncc(Cl)cn2)C1. The van der Waals surface area contributed by atoms with E-state index in [1.807, 2.05) is 0 Å². The fourth-order valence-electron chi connectivity index (χ4n) is 2.60. The van der Waals surface area contributed by atoms with Crippen LogP contribution in [0.4, 0.5) is 5.95 Å². The number of hydrogen-bond acceptors (Lipinski definition) is 5. The van der Waals surface area contributed by atoms with E-state index in [1.54, 1.807) is 36.4 Å². The molecule has 0 bridgehead atoms. The lowest BCUT2D eigenvalue weighted by molar-refractivity contribution is 0.0923. The maximum atomic E-state index is 12.2. The summed E-state index contributed by atoms with van der Waals surface area (Å²) in [5.74, 6) is 0.535. The van der Waals surface area contributed by atoms with Crippen LogP contribution in [0.15, 0.2) is 24.7 Å². The van der Waals surface area contributed by atoms with Gasteiger partial charge in [-0.25, -0.2) is 9.97 Å². The highest BCUT2D eigenvalue weighted by molar-refractivity contribution is 6.30. The molecule has 2 aromatic rings. The monoisotopic (exact) mass is 320 g/mol. The minimum Gasteiger partial charge on any atom is -0.346 e. The van der Waals surface area contributed by atoms with Crippen molar-refractivity contribution >= 4 is 23.5 Å². The fraction of sp³-hybridized carbons (Fsp3) is 0.429. The Morgan fingerprint density at radius 1 is 1.41 bits per heavy atom. The molecule has 2 aromatic heterocycles. The molecule has 1 aliphatic heterocycles. The van der Waals surface area contributed by atoms with Gasteiger partial charge in [-0.2, -0.15) is 5.10 Å². The molecule has 0 aliphatic carbocycles. The smallest absolute Gasteiger partial charge is 0.269 e. The zero-order chi connectivity index (χ0) is 15.5. The molecule has 3 rings (SSSR count). The summed E-state index contributed by atoms with van der Waals surface area (Å²) in [5.41, 5.74) is 0.555. The quantitative estimate of drug-likeness (QED) is 0.921. The Balaban J connectivity index is 1.64. The first-order chi connectivity index (χ1) is 10.6. The number of anilines is 1. The maximum absolute atomic E-state index is 12.2. The predicted molar refractivity (Wildman–Crippen MR) is 83.0 cm³/mol. The van der Waals surface area contributed by atoms with Gasteiger partial charge in [-0.1, -0.05) is 11.6 Å². The lowest BCUT2D eigenvalue weighted by Gasteiger charge is -2.33. The van der Waals surface area contributed by atoms with Gasteiger partial charge in [-0.05, 0) is 18.9 Å². The average Bonchev–Trinajstić information content (AvgIpc) is 2.94. The van der Waals surface area contributed by atoms with E-state index >= 15 is 0 Å². The molecule has 0 radical (unpaired) electrons. The standard InChI is InChI=1S/C14H17ClN6O/c1-20-12(4-5-18-20)13(22)19-11-3-2-6-21(9-11)14-16-7-10(15)8-17-14/h4-5,7-8,11H,2-3,6,9H2,1H3,(H,19,22). The van der Waals surface area contributed by atoms with Crippen LogP contribution in [0.2, 0.25) is 5.02 Å². The summed E-state index contributed by atoms with van der Waals surface area (Å²) in [7, 11) is 1.75. The Morgan fingerprint density at radius 3 is 2.86 bits per heavy atom. The molecule has 7 nitrogen and oxygen atoms in total. The highest BCUT2D eigenvalue weighted by Crippen LogP contribution is 2.17. The second-order valence-electron chi connectivity index (χ2n) is 5.30. The third-order valence-corrected chi connectivity index (χ3v) is 3.89. The summed E-state index contributed by atoms with van der Waals surface area (Å²) in [6.07, 6.45) is 6.70. The zero-order valence-electron chi connectivity index (χ0n) is 12.2. The van der Waals surface area contributed by atoms with Gasteiger partial charge < -0.3 is 10.2 Å². The highest BCUT2D eigenvalue weighted by atomic mass is 35.5. The van der Waals surface area contributed by atoms with Crippen molar-refractivity contribution < 1.29 is 4.79 Å². The summed E-state index contributed by atoms with van der Waals surface area (Å²) >= 11 is 5.81. The van der Waals surface area contributed by atoms with Crippen molar-refractivity contribution in [1.82, 2.24) is 25.1 Å². The van der Waals surface area contributed by atoms with Crippen molar-refractivity contribution in [3.05, 3.63) is 35.4 Å². The van der Waals surface area contributed by atoms with Crippen molar-refractivity contribution in [2.24, 2.45) is 7.05 Å². The average molecular weight is 321 g/mol. The van der Waals surface area contributed by atoms with E-state index in [4.69, 9.17) is 11.6 Å². The number of rotatable bonds is 3. The molecule has 1 atom stereocenters. The van der Waals surface area contributed by atoms with Gasteiger partial charge in [0.05, 0.1) is 17.4 Å². The zero-order valence-corrected chi connectivity index (χ0v) is 13.0. The van der Waals surface area contributed by atoms with Gasteiger partial charge in [0, 0.05) is 32.4 Å². The third kappa shape index (κ3) is 3.19. The number of nitrogens with one attached hydrogen (secondary N) is 1. The topological polar surface area (TPSA) is 75.9 Å². The first-order valence-electron chi connectivity index (χ1n) is 7.15. The Labute approximate surface area is 133 Å². The van der Waals surface area contributed by atoms with Crippen LogP contribution in [0.5, 0.6) is 0 Å². The van der Waals surface area contributed by atoms with Crippen LogP contribution >= 0.6 is 11.6 Å². The van der Waals surface area contributed by atoms with Crippen LogP contribution in [0.25, 0.3) is 0 Å². The number of carbonyl (C=O) groups excluding carboxylic acids is 1. The normalized spacial score (nSPS) is 18.3. The number of aryl methyl sites for hydroxylation is 1. The molecule has 0 saturated carbocycles. The molecule has 116 valence electrons. The second kappa shape index (κ2) is 6.31. The minimum absolute atomic E-state index is 0.0652. The van der Waals surface area contributed by atoms with Gasteiger partial charge >= 0.3 is 0 Å². The van der Waals surface area contributed by atoms with Crippen molar-refractivity contribution in [1.29, 1.82) is 0 Å². The van der Waals surface area contributed by atoms with Crippen LogP contribution in [0.1, 0.15) is 23.3 Å². The Morgan fingerprint density at radius 2 is 2.18 bits per heavy atom. The Bertz CT molecular complexity index is 656. The molecule has 1 N–H and O–H groups in total. The molecule has 0 spiro atoms. The molecular weight excluding hydrogens is 304 g/mol. The molecule has 1 unspecified atom stereocenters. The van der Waals surface area contributed by atoms with Gasteiger partial charge in [0.15, 0.2) is 0 Å². The molecule has 22 heavy (non-hydrogen) atoms. The van der Waals surface area contributed by atoms with E-state index in [-0.39, 0.29) is 11.9 Å².